The molecule has 0 unspecified atom stereocenters. The molecule has 0 N–H and O–H groups in total. The molecule has 0 aromatic carbocycles. The van der Waals surface area contributed by atoms with E-state index in [2.05, 4.69) is 26.3 Å². The second kappa shape index (κ2) is 29.8. The highest BCUT2D eigenvalue weighted by atomic mass is 33.1. The van der Waals surface area contributed by atoms with E-state index in [0.29, 0.717) is 0 Å². The Morgan fingerprint density at radius 3 is 1.18 bits per heavy atom. The monoisotopic (exact) mass is 290 g/mol. The highest BCUT2D eigenvalue weighted by Crippen LogP contribution is 2.20. The lowest BCUT2D eigenvalue weighted by Gasteiger charge is -1.89. The number of rotatable bonds is 8. The van der Waals surface area contributed by atoms with Crippen molar-refractivity contribution >= 4 is 33.3 Å². The Bertz CT molecular complexity index is 147. The van der Waals surface area contributed by atoms with E-state index in [-0.39, 0.29) is 0 Å². The maximum atomic E-state index is 3.60. The summed E-state index contributed by atoms with van der Waals surface area (Å²) in [5.74, 6) is 2.05. The SMILES string of the molecule is C=CCCC=C.C=CCSSCC=C.CSC. The molecule has 0 fully saturated rings. The third-order valence-corrected chi connectivity index (χ3v) is 3.26. The smallest absolute Gasteiger partial charge is 0.0215 e. The third kappa shape index (κ3) is 49.0. The fourth-order valence-electron chi connectivity index (χ4n) is 0.428. The van der Waals surface area contributed by atoms with Crippen LogP contribution in [0.3, 0.4) is 0 Å². The molecule has 0 saturated carbocycles. The minimum atomic E-state index is 1.03. The molecule has 17 heavy (non-hydrogen) atoms. The molecule has 3 heteroatoms. The van der Waals surface area contributed by atoms with E-state index >= 15 is 0 Å². The van der Waals surface area contributed by atoms with Crippen LogP contribution in [0.4, 0.5) is 0 Å². The summed E-state index contributed by atoms with van der Waals surface area (Å²) in [5.41, 5.74) is 0. The first-order chi connectivity index (χ1) is 8.24. The van der Waals surface area contributed by atoms with Crippen molar-refractivity contribution in [1.29, 1.82) is 0 Å². The first-order valence-corrected chi connectivity index (χ1v) is 9.45. The summed E-state index contributed by atoms with van der Waals surface area (Å²) >= 11 is 1.75. The van der Waals surface area contributed by atoms with E-state index in [1.807, 2.05) is 36.8 Å². The average molecular weight is 291 g/mol. The lowest BCUT2D eigenvalue weighted by molar-refractivity contribution is 1.06. The fourth-order valence-corrected chi connectivity index (χ4v) is 1.97. The molecule has 0 atom stereocenters. The standard InChI is InChI=1S/C6H10S2.C6H10.C2H6S/c1-3-5-7-8-6-4-2;1-3-5-6-4-2;1-3-2/h3-4H,1-2,5-6H2;3-4H,1-2,5-6H2;1-2H3. The third-order valence-electron chi connectivity index (χ3n) is 1.03. The van der Waals surface area contributed by atoms with Gasteiger partial charge in [-0.1, -0.05) is 45.9 Å². The molecule has 100 valence electrons. The first-order valence-electron chi connectivity index (χ1n) is 5.33. The Morgan fingerprint density at radius 2 is 1.00 bits per heavy atom. The van der Waals surface area contributed by atoms with Crippen molar-refractivity contribution in [3.63, 3.8) is 0 Å². The van der Waals surface area contributed by atoms with Crippen LogP contribution in [0.2, 0.25) is 0 Å². The maximum absolute atomic E-state index is 3.60. The van der Waals surface area contributed by atoms with Gasteiger partial charge in [0.15, 0.2) is 0 Å². The van der Waals surface area contributed by atoms with Gasteiger partial charge in [-0.05, 0) is 25.4 Å². The minimum absolute atomic E-state index is 1.03. The highest BCUT2D eigenvalue weighted by Gasteiger charge is 1.79. The maximum Gasteiger partial charge on any atom is 0.0215 e. The topological polar surface area (TPSA) is 0 Å². The lowest BCUT2D eigenvalue weighted by Crippen LogP contribution is -1.64. The molecule has 0 amide bonds. The van der Waals surface area contributed by atoms with Crippen LogP contribution in [0, 0.1) is 0 Å². The number of hydrogen-bond acceptors (Lipinski definition) is 3. The normalized spacial score (nSPS) is 7.65. The van der Waals surface area contributed by atoms with E-state index in [4.69, 9.17) is 0 Å². The van der Waals surface area contributed by atoms with Gasteiger partial charge < -0.3 is 0 Å². The quantitative estimate of drug-likeness (QED) is 0.312. The van der Waals surface area contributed by atoms with Gasteiger partial charge in [-0.15, -0.1) is 26.3 Å². The number of unbranched alkanes of at least 4 members (excludes halogenated alkanes) is 1. The molecule has 0 aromatic rings. The summed E-state index contributed by atoms with van der Waals surface area (Å²) in [7, 11) is 3.61. The van der Waals surface area contributed by atoms with Crippen LogP contribution >= 0.6 is 33.3 Å². The van der Waals surface area contributed by atoms with E-state index in [1.54, 1.807) is 33.3 Å². The van der Waals surface area contributed by atoms with Gasteiger partial charge in [0.2, 0.25) is 0 Å². The molecule has 0 bridgehead atoms. The van der Waals surface area contributed by atoms with Crippen molar-refractivity contribution in [2.45, 2.75) is 12.8 Å². The Balaban J connectivity index is -0.000000193. The molecule has 0 aliphatic rings. The molecule has 0 aromatic heterocycles. The van der Waals surface area contributed by atoms with Crippen LogP contribution in [0.5, 0.6) is 0 Å². The van der Waals surface area contributed by atoms with Crippen molar-refractivity contribution in [1.82, 2.24) is 0 Å². The van der Waals surface area contributed by atoms with Gasteiger partial charge in [0, 0.05) is 11.5 Å². The average Bonchev–Trinajstić information content (AvgIpc) is 2.34. The number of thioether (sulfide) groups is 1. The Kier molecular flexibility index (Phi) is 38.9. The van der Waals surface area contributed by atoms with Crippen molar-refractivity contribution in [3.8, 4) is 0 Å². The van der Waals surface area contributed by atoms with E-state index in [0.717, 1.165) is 24.3 Å². The molecular formula is C14H26S3. The van der Waals surface area contributed by atoms with Gasteiger partial charge >= 0.3 is 0 Å². The van der Waals surface area contributed by atoms with Gasteiger partial charge in [0.05, 0.1) is 0 Å². The van der Waals surface area contributed by atoms with Crippen molar-refractivity contribution < 1.29 is 0 Å². The number of allylic oxidation sites excluding steroid dienone is 2. The van der Waals surface area contributed by atoms with Crippen LogP contribution in [0.1, 0.15) is 12.8 Å². The first kappa shape index (κ1) is 22.2. The van der Waals surface area contributed by atoms with Gasteiger partial charge in [-0.25, -0.2) is 0 Å². The van der Waals surface area contributed by atoms with Gasteiger partial charge in [0.25, 0.3) is 0 Å². The molecule has 0 saturated heterocycles. The van der Waals surface area contributed by atoms with Gasteiger partial charge in [0.1, 0.15) is 0 Å². The molecule has 0 aliphatic carbocycles. The van der Waals surface area contributed by atoms with Crippen molar-refractivity contribution in [2.75, 3.05) is 24.0 Å². The van der Waals surface area contributed by atoms with Crippen LogP contribution in [0.25, 0.3) is 0 Å². The summed E-state index contributed by atoms with van der Waals surface area (Å²) in [4.78, 5) is 0. The Hall–Kier alpha value is 0.01000. The zero-order valence-electron chi connectivity index (χ0n) is 11.2. The highest BCUT2D eigenvalue weighted by molar-refractivity contribution is 8.76. The predicted molar refractivity (Wildman–Crippen MR) is 94.4 cm³/mol. The lowest BCUT2D eigenvalue weighted by atomic mass is 10.3. The van der Waals surface area contributed by atoms with E-state index < -0.39 is 0 Å². The van der Waals surface area contributed by atoms with Crippen LogP contribution < -0.4 is 0 Å². The molecule has 0 heterocycles. The molecule has 0 spiro atoms. The van der Waals surface area contributed by atoms with Crippen LogP contribution in [-0.4, -0.2) is 24.0 Å². The van der Waals surface area contributed by atoms with Gasteiger partial charge in [-0.3, -0.25) is 0 Å². The Labute approximate surface area is 121 Å². The summed E-state index contributed by atoms with van der Waals surface area (Å²) in [6.45, 7) is 14.3. The molecular weight excluding hydrogens is 264 g/mol. The van der Waals surface area contributed by atoms with Crippen LogP contribution in [-0.2, 0) is 0 Å². The fraction of sp³-hybridized carbons (Fsp3) is 0.429. The summed E-state index contributed by atoms with van der Waals surface area (Å²) in [5, 5.41) is 0. The second-order valence-electron chi connectivity index (χ2n) is 2.71. The predicted octanol–water partition coefficient (Wildman–Crippen LogP) is 5.86. The Morgan fingerprint density at radius 1 is 0.706 bits per heavy atom. The molecule has 0 radical (unpaired) electrons. The molecule has 0 rings (SSSR count). The molecule has 0 aliphatic heterocycles. The summed E-state index contributed by atoms with van der Waals surface area (Å²) < 4.78 is 0. The number of hydrogen-bond donors (Lipinski definition) is 0. The zero-order valence-corrected chi connectivity index (χ0v) is 13.6. The summed E-state index contributed by atoms with van der Waals surface area (Å²) in [6, 6.07) is 0. The largest absolute Gasteiger partial charge is 0.169 e. The van der Waals surface area contributed by atoms with Crippen LogP contribution in [0.15, 0.2) is 50.6 Å². The summed E-state index contributed by atoms with van der Waals surface area (Å²) in [6.07, 6.45) is 13.8. The van der Waals surface area contributed by atoms with Crippen molar-refractivity contribution in [3.05, 3.63) is 50.6 Å². The second-order valence-corrected chi connectivity index (χ2v) is 6.08. The van der Waals surface area contributed by atoms with Crippen molar-refractivity contribution in [2.24, 2.45) is 0 Å². The zero-order chi connectivity index (χ0) is 13.8. The minimum Gasteiger partial charge on any atom is -0.169 e. The van der Waals surface area contributed by atoms with E-state index in [9.17, 15) is 0 Å². The van der Waals surface area contributed by atoms with Gasteiger partial charge in [-0.2, -0.15) is 11.8 Å². The molecule has 0 nitrogen and oxygen atoms in total. The van der Waals surface area contributed by atoms with E-state index in [1.165, 1.54) is 0 Å².